The maximum atomic E-state index is 12.5. The van der Waals surface area contributed by atoms with Gasteiger partial charge in [0.1, 0.15) is 5.75 Å². The van der Waals surface area contributed by atoms with Crippen molar-refractivity contribution < 1.29 is 14.3 Å². The van der Waals surface area contributed by atoms with E-state index in [9.17, 15) is 9.59 Å². The summed E-state index contributed by atoms with van der Waals surface area (Å²) >= 11 is 12.1. The van der Waals surface area contributed by atoms with Gasteiger partial charge in [0.2, 0.25) is 5.91 Å². The fourth-order valence-corrected chi connectivity index (χ4v) is 2.75. The molecule has 27 heavy (non-hydrogen) atoms. The molecule has 0 unspecified atom stereocenters. The van der Waals surface area contributed by atoms with Crippen molar-refractivity contribution in [1.29, 1.82) is 0 Å². The van der Waals surface area contributed by atoms with Crippen LogP contribution in [0.25, 0.3) is 0 Å². The van der Waals surface area contributed by atoms with E-state index in [0.717, 1.165) is 0 Å². The maximum Gasteiger partial charge on any atom is 0.254 e. The SMILES string of the molecule is CC(C)COc1ccc(C(=O)N(C)CC(=O)Nc2c(Cl)cccc2Cl)cc1. The van der Waals surface area contributed by atoms with Crippen LogP contribution in [0.4, 0.5) is 5.69 Å². The Morgan fingerprint density at radius 2 is 1.67 bits per heavy atom. The normalized spacial score (nSPS) is 10.6. The van der Waals surface area contributed by atoms with Gasteiger partial charge in [-0.15, -0.1) is 0 Å². The molecular formula is C20H22Cl2N2O3. The zero-order chi connectivity index (χ0) is 20.0. The summed E-state index contributed by atoms with van der Waals surface area (Å²) in [5.41, 5.74) is 0.802. The van der Waals surface area contributed by atoms with Crippen molar-refractivity contribution in [2.75, 3.05) is 25.5 Å². The number of hydrogen-bond donors (Lipinski definition) is 1. The standard InChI is InChI=1S/C20H22Cl2N2O3/c1-13(2)12-27-15-9-7-14(8-10-15)20(26)24(3)11-18(25)23-19-16(21)5-4-6-17(19)22/h4-10,13H,11-12H2,1-3H3,(H,23,25). The van der Waals surface area contributed by atoms with Crippen LogP contribution in [0.2, 0.25) is 10.0 Å². The topological polar surface area (TPSA) is 58.6 Å². The van der Waals surface area contributed by atoms with Crippen molar-refractivity contribution in [3.63, 3.8) is 0 Å². The molecule has 2 amide bonds. The number of ether oxygens (including phenoxy) is 1. The highest BCUT2D eigenvalue weighted by Gasteiger charge is 2.17. The van der Waals surface area contributed by atoms with E-state index in [4.69, 9.17) is 27.9 Å². The number of carbonyl (C=O) groups excluding carboxylic acids is 2. The molecule has 5 nitrogen and oxygen atoms in total. The second-order valence-electron chi connectivity index (χ2n) is 6.54. The van der Waals surface area contributed by atoms with Gasteiger partial charge in [0, 0.05) is 12.6 Å². The highest BCUT2D eigenvalue weighted by molar-refractivity contribution is 6.39. The summed E-state index contributed by atoms with van der Waals surface area (Å²) in [5, 5.41) is 3.31. The van der Waals surface area contributed by atoms with Gasteiger partial charge in [-0.3, -0.25) is 9.59 Å². The van der Waals surface area contributed by atoms with E-state index in [-0.39, 0.29) is 12.5 Å². The first-order valence-electron chi connectivity index (χ1n) is 8.50. The van der Waals surface area contributed by atoms with Crippen LogP contribution in [0.1, 0.15) is 24.2 Å². The molecule has 2 aromatic carbocycles. The lowest BCUT2D eigenvalue weighted by molar-refractivity contribution is -0.116. The summed E-state index contributed by atoms with van der Waals surface area (Å²) in [5.74, 6) is 0.458. The second-order valence-corrected chi connectivity index (χ2v) is 7.35. The summed E-state index contributed by atoms with van der Waals surface area (Å²) in [6.45, 7) is 4.60. The van der Waals surface area contributed by atoms with E-state index < -0.39 is 5.91 Å². The summed E-state index contributed by atoms with van der Waals surface area (Å²) in [4.78, 5) is 26.0. The van der Waals surface area contributed by atoms with E-state index in [1.165, 1.54) is 4.90 Å². The lowest BCUT2D eigenvalue weighted by atomic mass is 10.2. The Bertz CT molecular complexity index is 787. The minimum Gasteiger partial charge on any atom is -0.493 e. The number of carbonyl (C=O) groups is 2. The lowest BCUT2D eigenvalue weighted by Crippen LogP contribution is -2.35. The van der Waals surface area contributed by atoms with Crippen LogP contribution in [0.5, 0.6) is 5.75 Å². The number of benzene rings is 2. The van der Waals surface area contributed by atoms with E-state index in [1.807, 2.05) is 0 Å². The number of amides is 2. The molecule has 0 aliphatic heterocycles. The molecule has 0 heterocycles. The largest absolute Gasteiger partial charge is 0.493 e. The fraction of sp³-hybridized carbons (Fsp3) is 0.300. The first-order valence-corrected chi connectivity index (χ1v) is 9.25. The second kappa shape index (κ2) is 9.62. The van der Waals surface area contributed by atoms with Gasteiger partial charge < -0.3 is 15.0 Å². The van der Waals surface area contributed by atoms with E-state index in [0.29, 0.717) is 39.6 Å². The number of rotatable bonds is 7. The average Bonchev–Trinajstić information content (AvgIpc) is 2.63. The van der Waals surface area contributed by atoms with Gasteiger partial charge in [-0.1, -0.05) is 43.1 Å². The molecule has 0 aliphatic rings. The molecular weight excluding hydrogens is 387 g/mol. The lowest BCUT2D eigenvalue weighted by Gasteiger charge is -2.18. The number of halogens is 2. The first kappa shape index (κ1) is 21.1. The van der Waals surface area contributed by atoms with Crippen molar-refractivity contribution in [2.24, 2.45) is 5.92 Å². The Labute approximate surface area is 169 Å². The zero-order valence-electron chi connectivity index (χ0n) is 15.5. The van der Waals surface area contributed by atoms with Gasteiger partial charge in [0.15, 0.2) is 0 Å². The molecule has 0 spiro atoms. The van der Waals surface area contributed by atoms with Gasteiger partial charge in [-0.2, -0.15) is 0 Å². The number of nitrogens with zero attached hydrogens (tertiary/aromatic N) is 1. The van der Waals surface area contributed by atoms with E-state index in [1.54, 1.807) is 49.5 Å². The molecule has 0 bridgehead atoms. The third-order valence-corrected chi connectivity index (χ3v) is 4.27. The summed E-state index contributed by atoms with van der Waals surface area (Å²) < 4.78 is 5.60. The first-order chi connectivity index (χ1) is 12.8. The smallest absolute Gasteiger partial charge is 0.254 e. The van der Waals surface area contributed by atoms with E-state index >= 15 is 0 Å². The summed E-state index contributed by atoms with van der Waals surface area (Å²) in [6.07, 6.45) is 0. The minimum atomic E-state index is -0.391. The van der Waals surface area contributed by atoms with Crippen LogP contribution in [0.3, 0.4) is 0 Å². The number of hydrogen-bond acceptors (Lipinski definition) is 3. The molecule has 0 aromatic heterocycles. The summed E-state index contributed by atoms with van der Waals surface area (Å²) in [7, 11) is 1.55. The van der Waals surface area contributed by atoms with E-state index in [2.05, 4.69) is 19.2 Å². The number of likely N-dealkylation sites (N-methyl/N-ethyl adjacent to an activating group) is 1. The quantitative estimate of drug-likeness (QED) is 0.719. The molecule has 2 rings (SSSR count). The Kier molecular flexibility index (Phi) is 7.51. The fourth-order valence-electron chi connectivity index (χ4n) is 2.26. The molecule has 0 fully saturated rings. The van der Waals surface area contributed by atoms with Crippen LogP contribution in [-0.4, -0.2) is 36.9 Å². The van der Waals surface area contributed by atoms with Crippen LogP contribution in [0, 0.1) is 5.92 Å². The summed E-state index contributed by atoms with van der Waals surface area (Å²) in [6, 6.07) is 11.8. The van der Waals surface area contributed by atoms with Crippen molar-refractivity contribution in [3.8, 4) is 5.75 Å². The number of anilines is 1. The Morgan fingerprint density at radius 1 is 1.07 bits per heavy atom. The van der Waals surface area contributed by atoms with Gasteiger partial charge in [0.25, 0.3) is 5.91 Å². The number of nitrogens with one attached hydrogen (secondary N) is 1. The molecule has 2 aromatic rings. The molecule has 0 radical (unpaired) electrons. The molecule has 7 heteroatoms. The molecule has 0 saturated heterocycles. The molecule has 144 valence electrons. The third-order valence-electron chi connectivity index (χ3n) is 3.64. The van der Waals surface area contributed by atoms with Crippen LogP contribution >= 0.6 is 23.2 Å². The van der Waals surface area contributed by atoms with Gasteiger partial charge in [-0.25, -0.2) is 0 Å². The van der Waals surface area contributed by atoms with Crippen LogP contribution in [-0.2, 0) is 4.79 Å². The van der Waals surface area contributed by atoms with Gasteiger partial charge in [0.05, 0.1) is 28.9 Å². The predicted molar refractivity (Wildman–Crippen MR) is 109 cm³/mol. The average molecular weight is 409 g/mol. The number of para-hydroxylation sites is 1. The Balaban J connectivity index is 1.95. The monoisotopic (exact) mass is 408 g/mol. The maximum absolute atomic E-state index is 12.5. The van der Waals surface area contributed by atoms with Crippen molar-refractivity contribution >= 4 is 40.7 Å². The van der Waals surface area contributed by atoms with Crippen molar-refractivity contribution in [2.45, 2.75) is 13.8 Å². The van der Waals surface area contributed by atoms with Crippen molar-refractivity contribution in [1.82, 2.24) is 4.90 Å². The molecule has 0 atom stereocenters. The Morgan fingerprint density at radius 3 is 2.22 bits per heavy atom. The van der Waals surface area contributed by atoms with Crippen LogP contribution < -0.4 is 10.1 Å². The third kappa shape index (κ3) is 6.15. The van der Waals surface area contributed by atoms with Gasteiger partial charge >= 0.3 is 0 Å². The predicted octanol–water partition coefficient (Wildman–Crippen LogP) is 4.74. The van der Waals surface area contributed by atoms with Crippen LogP contribution in [0.15, 0.2) is 42.5 Å². The zero-order valence-corrected chi connectivity index (χ0v) is 17.0. The minimum absolute atomic E-state index is 0.133. The Hall–Kier alpha value is -2.24. The molecule has 1 N–H and O–H groups in total. The van der Waals surface area contributed by atoms with Gasteiger partial charge in [-0.05, 0) is 42.3 Å². The van der Waals surface area contributed by atoms with Crippen molar-refractivity contribution in [3.05, 3.63) is 58.1 Å². The highest BCUT2D eigenvalue weighted by atomic mass is 35.5. The molecule has 0 saturated carbocycles. The molecule has 0 aliphatic carbocycles. The highest BCUT2D eigenvalue weighted by Crippen LogP contribution is 2.29.